The fourth-order valence-corrected chi connectivity index (χ4v) is 3.38. The van der Waals surface area contributed by atoms with Crippen molar-refractivity contribution in [1.29, 1.82) is 0 Å². The monoisotopic (exact) mass is 382 g/mol. The zero-order valence-corrected chi connectivity index (χ0v) is 16.0. The Hall–Kier alpha value is -1.52. The Labute approximate surface area is 159 Å². The molecule has 0 aromatic heterocycles. The highest BCUT2D eigenvalue weighted by Gasteiger charge is 2.14. The van der Waals surface area contributed by atoms with Gasteiger partial charge in [-0.25, -0.2) is 0 Å². The Bertz CT molecular complexity index is 639. The van der Waals surface area contributed by atoms with Gasteiger partial charge < -0.3 is 10.2 Å². The van der Waals surface area contributed by atoms with E-state index in [1.165, 1.54) is 25.3 Å². The second-order valence-corrected chi connectivity index (χ2v) is 7.07. The van der Waals surface area contributed by atoms with Crippen LogP contribution in [0.4, 0.5) is 5.69 Å². The van der Waals surface area contributed by atoms with E-state index in [-0.39, 0.29) is 18.2 Å². The van der Waals surface area contributed by atoms with Crippen LogP contribution < -0.4 is 5.32 Å². The summed E-state index contributed by atoms with van der Waals surface area (Å²) < 4.78 is 0. The van der Waals surface area contributed by atoms with Crippen LogP contribution in [-0.4, -0.2) is 29.8 Å². The summed E-state index contributed by atoms with van der Waals surface area (Å²) in [5.41, 5.74) is 1.84. The predicted octanol–water partition coefficient (Wildman–Crippen LogP) is 5.06. The molecule has 0 spiro atoms. The highest BCUT2D eigenvalue weighted by atomic mass is 35.5. The first-order valence-electron chi connectivity index (χ1n) is 8.64. The SMILES string of the molecule is CC(=O)N(CCC(=O)Nc1c(Cl)cccc1Cl)CCC1=CCCCC1. The average Bonchev–Trinajstić information content (AvgIpc) is 2.59. The lowest BCUT2D eigenvalue weighted by molar-refractivity contribution is -0.129. The maximum Gasteiger partial charge on any atom is 0.226 e. The van der Waals surface area contributed by atoms with Crippen molar-refractivity contribution in [3.05, 3.63) is 39.9 Å². The Kier molecular flexibility index (Phi) is 7.79. The second-order valence-electron chi connectivity index (χ2n) is 6.26. The first-order valence-corrected chi connectivity index (χ1v) is 9.40. The number of para-hydroxylation sites is 1. The van der Waals surface area contributed by atoms with Gasteiger partial charge in [-0.1, -0.05) is 40.9 Å². The second kappa shape index (κ2) is 9.83. The zero-order chi connectivity index (χ0) is 18.2. The van der Waals surface area contributed by atoms with E-state index in [1.807, 2.05) is 0 Å². The van der Waals surface area contributed by atoms with Crippen molar-refractivity contribution in [2.24, 2.45) is 0 Å². The van der Waals surface area contributed by atoms with Gasteiger partial charge in [0.05, 0.1) is 15.7 Å². The summed E-state index contributed by atoms with van der Waals surface area (Å²) in [5, 5.41) is 3.52. The smallest absolute Gasteiger partial charge is 0.226 e. The number of hydrogen-bond donors (Lipinski definition) is 1. The first kappa shape index (κ1) is 19.8. The molecule has 2 amide bonds. The highest BCUT2D eigenvalue weighted by Crippen LogP contribution is 2.29. The van der Waals surface area contributed by atoms with Gasteiger partial charge in [0.25, 0.3) is 0 Å². The summed E-state index contributed by atoms with van der Waals surface area (Å²) in [6.45, 7) is 2.58. The third kappa shape index (κ3) is 6.37. The van der Waals surface area contributed by atoms with Gasteiger partial charge >= 0.3 is 0 Å². The highest BCUT2D eigenvalue weighted by molar-refractivity contribution is 6.39. The number of nitrogens with zero attached hydrogens (tertiary/aromatic N) is 1. The van der Waals surface area contributed by atoms with E-state index < -0.39 is 0 Å². The first-order chi connectivity index (χ1) is 12.0. The third-order valence-electron chi connectivity index (χ3n) is 4.37. The summed E-state index contributed by atoms with van der Waals surface area (Å²) in [6, 6.07) is 5.06. The molecule has 1 aliphatic rings. The van der Waals surface area contributed by atoms with E-state index in [2.05, 4.69) is 11.4 Å². The number of carbonyl (C=O) groups is 2. The normalized spacial score (nSPS) is 14.0. The van der Waals surface area contributed by atoms with Crippen LogP contribution in [0.15, 0.2) is 29.8 Å². The summed E-state index contributed by atoms with van der Waals surface area (Å²) in [7, 11) is 0. The molecule has 0 fully saturated rings. The molecule has 25 heavy (non-hydrogen) atoms. The minimum atomic E-state index is -0.210. The van der Waals surface area contributed by atoms with E-state index in [4.69, 9.17) is 23.2 Å². The van der Waals surface area contributed by atoms with E-state index >= 15 is 0 Å². The van der Waals surface area contributed by atoms with Crippen LogP contribution in [0, 0.1) is 0 Å². The average molecular weight is 383 g/mol. The molecule has 1 N–H and O–H groups in total. The predicted molar refractivity (Wildman–Crippen MR) is 103 cm³/mol. The standard InChI is InChI=1S/C19H24Cl2N2O2/c1-14(24)23(12-10-15-6-3-2-4-7-15)13-11-18(25)22-19-16(20)8-5-9-17(19)21/h5-6,8-9H,2-4,7,10-13H2,1H3,(H,22,25). The third-order valence-corrected chi connectivity index (χ3v) is 5.00. The van der Waals surface area contributed by atoms with Crippen molar-refractivity contribution >= 4 is 40.7 Å². The number of hydrogen-bond acceptors (Lipinski definition) is 2. The Balaban J connectivity index is 1.84. The fourth-order valence-electron chi connectivity index (χ4n) is 2.89. The molecule has 0 radical (unpaired) electrons. The van der Waals surface area contributed by atoms with E-state index in [9.17, 15) is 9.59 Å². The fraction of sp³-hybridized carbons (Fsp3) is 0.474. The Morgan fingerprint density at radius 1 is 1.16 bits per heavy atom. The van der Waals surface area contributed by atoms with Crippen molar-refractivity contribution in [2.75, 3.05) is 18.4 Å². The van der Waals surface area contributed by atoms with Gasteiger partial charge in [0.2, 0.25) is 11.8 Å². The number of carbonyl (C=O) groups excluding carboxylic acids is 2. The lowest BCUT2D eigenvalue weighted by Gasteiger charge is -2.22. The summed E-state index contributed by atoms with van der Waals surface area (Å²) >= 11 is 12.1. The molecule has 0 saturated heterocycles. The molecular weight excluding hydrogens is 359 g/mol. The van der Waals surface area contributed by atoms with Crippen LogP contribution in [-0.2, 0) is 9.59 Å². The molecule has 0 unspecified atom stereocenters. The largest absolute Gasteiger partial charge is 0.342 e. The lowest BCUT2D eigenvalue weighted by Crippen LogP contribution is -2.33. The van der Waals surface area contributed by atoms with Gasteiger partial charge in [-0.3, -0.25) is 9.59 Å². The molecule has 0 atom stereocenters. The molecule has 0 heterocycles. The molecule has 0 aliphatic heterocycles. The quantitative estimate of drug-likeness (QED) is 0.669. The maximum atomic E-state index is 12.2. The molecule has 1 aliphatic carbocycles. The molecule has 0 saturated carbocycles. The summed E-state index contributed by atoms with van der Waals surface area (Å²) in [5.74, 6) is -0.224. The van der Waals surface area contributed by atoms with Crippen LogP contribution in [0.2, 0.25) is 10.0 Å². The minimum Gasteiger partial charge on any atom is -0.342 e. The number of nitrogens with one attached hydrogen (secondary N) is 1. The molecule has 4 nitrogen and oxygen atoms in total. The lowest BCUT2D eigenvalue weighted by atomic mass is 9.97. The van der Waals surface area contributed by atoms with Crippen LogP contribution in [0.25, 0.3) is 0 Å². The number of halogens is 2. The van der Waals surface area contributed by atoms with Crippen molar-refractivity contribution < 1.29 is 9.59 Å². The number of allylic oxidation sites excluding steroid dienone is 1. The topological polar surface area (TPSA) is 49.4 Å². The van der Waals surface area contributed by atoms with Crippen molar-refractivity contribution in [2.45, 2.75) is 45.4 Å². The molecule has 136 valence electrons. The van der Waals surface area contributed by atoms with E-state index in [1.54, 1.807) is 23.1 Å². The molecular formula is C19H24Cl2N2O2. The Morgan fingerprint density at radius 2 is 1.88 bits per heavy atom. The van der Waals surface area contributed by atoms with Gasteiger partial charge in [0.1, 0.15) is 0 Å². The molecule has 0 bridgehead atoms. The zero-order valence-electron chi connectivity index (χ0n) is 14.5. The van der Waals surface area contributed by atoms with Crippen LogP contribution >= 0.6 is 23.2 Å². The van der Waals surface area contributed by atoms with Gasteiger partial charge in [-0.15, -0.1) is 0 Å². The summed E-state index contributed by atoms with van der Waals surface area (Å²) in [4.78, 5) is 25.7. The van der Waals surface area contributed by atoms with E-state index in [0.29, 0.717) is 28.8 Å². The van der Waals surface area contributed by atoms with Crippen LogP contribution in [0.1, 0.15) is 45.4 Å². The minimum absolute atomic E-state index is 0.0139. The number of benzene rings is 1. The maximum absolute atomic E-state index is 12.2. The Morgan fingerprint density at radius 3 is 2.48 bits per heavy atom. The van der Waals surface area contributed by atoms with Crippen LogP contribution in [0.3, 0.4) is 0 Å². The number of anilines is 1. The van der Waals surface area contributed by atoms with Crippen molar-refractivity contribution in [1.82, 2.24) is 4.90 Å². The van der Waals surface area contributed by atoms with Gasteiger partial charge in [-0.05, 0) is 44.2 Å². The number of amides is 2. The van der Waals surface area contributed by atoms with Crippen molar-refractivity contribution in [3.63, 3.8) is 0 Å². The molecule has 1 aromatic carbocycles. The molecule has 2 rings (SSSR count). The van der Waals surface area contributed by atoms with E-state index in [0.717, 1.165) is 19.3 Å². The summed E-state index contributed by atoms with van der Waals surface area (Å²) in [6.07, 6.45) is 8.12. The molecule has 6 heteroatoms. The van der Waals surface area contributed by atoms with Crippen LogP contribution in [0.5, 0.6) is 0 Å². The van der Waals surface area contributed by atoms with Gasteiger partial charge in [0, 0.05) is 26.4 Å². The van der Waals surface area contributed by atoms with Gasteiger partial charge in [0.15, 0.2) is 0 Å². The number of rotatable bonds is 7. The molecule has 1 aromatic rings. The van der Waals surface area contributed by atoms with Crippen molar-refractivity contribution in [3.8, 4) is 0 Å². The van der Waals surface area contributed by atoms with Gasteiger partial charge in [-0.2, -0.15) is 0 Å².